The fraction of sp³-hybridized carbons (Fsp3) is 0.190. The second kappa shape index (κ2) is 8.31. The molecule has 0 atom stereocenters. The molecule has 6 heteroatoms. The minimum atomic E-state index is -0.376. The predicted octanol–water partition coefficient (Wildman–Crippen LogP) is 3.67. The molecule has 0 saturated heterocycles. The molecule has 1 N–H and O–H groups in total. The van der Waals surface area contributed by atoms with Crippen LogP contribution in [0.25, 0.3) is 0 Å². The predicted molar refractivity (Wildman–Crippen MR) is 103 cm³/mol. The van der Waals surface area contributed by atoms with E-state index in [1.807, 2.05) is 29.8 Å². The van der Waals surface area contributed by atoms with Crippen molar-refractivity contribution in [3.8, 4) is 0 Å². The molecule has 0 saturated carbocycles. The zero-order valence-corrected chi connectivity index (χ0v) is 15.3. The van der Waals surface area contributed by atoms with E-state index in [1.54, 1.807) is 49.5 Å². The topological polar surface area (TPSA) is 73.2 Å². The monoisotopic (exact) mass is 363 g/mol. The van der Waals surface area contributed by atoms with Crippen LogP contribution in [-0.4, -0.2) is 28.0 Å². The molecular formula is C21H21N3O3. The highest BCUT2D eigenvalue weighted by molar-refractivity contribution is 6.04. The fourth-order valence-corrected chi connectivity index (χ4v) is 2.64. The molecule has 2 aromatic carbocycles. The molecule has 3 aromatic rings. The van der Waals surface area contributed by atoms with E-state index in [-0.39, 0.29) is 11.9 Å². The Bertz CT molecular complexity index is 928. The number of ether oxygens (including phenoxy) is 1. The number of hydrogen-bond donors (Lipinski definition) is 1. The third-order valence-electron chi connectivity index (χ3n) is 4.15. The largest absolute Gasteiger partial charge is 0.462 e. The minimum absolute atomic E-state index is 0.204. The van der Waals surface area contributed by atoms with Crippen molar-refractivity contribution in [1.82, 2.24) is 9.55 Å². The summed E-state index contributed by atoms with van der Waals surface area (Å²) in [6, 6.07) is 14.1. The summed E-state index contributed by atoms with van der Waals surface area (Å²) in [5.41, 5.74) is 2.72. The van der Waals surface area contributed by atoms with Gasteiger partial charge in [-0.15, -0.1) is 0 Å². The molecule has 0 aliphatic rings. The number of nitrogens with one attached hydrogen (secondary N) is 1. The molecule has 0 unspecified atom stereocenters. The van der Waals surface area contributed by atoms with Gasteiger partial charge in [0, 0.05) is 30.2 Å². The zero-order chi connectivity index (χ0) is 19.2. The standard InChI is InChI=1S/C21H21N3O3/c1-3-27-21(26)18-8-10-19(11-9-18)23-20(25)17-6-4-16(5-7-17)14-24-13-12-22-15(24)2/h4-13H,3,14H2,1-2H3,(H,23,25). The van der Waals surface area contributed by atoms with E-state index in [9.17, 15) is 9.59 Å². The molecule has 138 valence electrons. The van der Waals surface area contributed by atoms with E-state index < -0.39 is 0 Å². The van der Waals surface area contributed by atoms with E-state index in [0.29, 0.717) is 30.0 Å². The smallest absolute Gasteiger partial charge is 0.338 e. The lowest BCUT2D eigenvalue weighted by atomic mass is 10.1. The van der Waals surface area contributed by atoms with Crippen LogP contribution in [0.2, 0.25) is 0 Å². The van der Waals surface area contributed by atoms with Crippen LogP contribution in [0.1, 0.15) is 39.0 Å². The first-order chi connectivity index (χ1) is 13.1. The van der Waals surface area contributed by atoms with E-state index >= 15 is 0 Å². The Morgan fingerprint density at radius 1 is 1.04 bits per heavy atom. The molecule has 27 heavy (non-hydrogen) atoms. The van der Waals surface area contributed by atoms with Gasteiger partial charge in [-0.2, -0.15) is 0 Å². The number of imidazole rings is 1. The van der Waals surface area contributed by atoms with Gasteiger partial charge in [0.2, 0.25) is 0 Å². The summed E-state index contributed by atoms with van der Waals surface area (Å²) in [7, 11) is 0. The van der Waals surface area contributed by atoms with Crippen LogP contribution in [0.3, 0.4) is 0 Å². The molecule has 1 amide bonds. The normalized spacial score (nSPS) is 10.4. The van der Waals surface area contributed by atoms with Crippen LogP contribution in [0.4, 0.5) is 5.69 Å². The summed E-state index contributed by atoms with van der Waals surface area (Å²) in [6.07, 6.45) is 3.69. The Hall–Kier alpha value is -3.41. The molecule has 3 rings (SSSR count). The van der Waals surface area contributed by atoms with Crippen molar-refractivity contribution < 1.29 is 14.3 Å². The van der Waals surface area contributed by atoms with Gasteiger partial charge in [0.05, 0.1) is 12.2 Å². The number of nitrogens with zero attached hydrogens (tertiary/aromatic N) is 2. The average molecular weight is 363 g/mol. The van der Waals surface area contributed by atoms with Crippen LogP contribution in [0, 0.1) is 6.92 Å². The highest BCUT2D eigenvalue weighted by atomic mass is 16.5. The first kappa shape index (κ1) is 18.4. The van der Waals surface area contributed by atoms with E-state index in [2.05, 4.69) is 10.3 Å². The zero-order valence-electron chi connectivity index (χ0n) is 15.3. The maximum Gasteiger partial charge on any atom is 0.338 e. The van der Waals surface area contributed by atoms with Crippen molar-refractivity contribution in [3.05, 3.63) is 83.4 Å². The van der Waals surface area contributed by atoms with Gasteiger partial charge >= 0.3 is 5.97 Å². The summed E-state index contributed by atoms with van der Waals surface area (Å²) in [5.74, 6) is 0.367. The van der Waals surface area contributed by atoms with E-state index in [1.165, 1.54) is 0 Å². The van der Waals surface area contributed by atoms with Gasteiger partial charge in [-0.25, -0.2) is 9.78 Å². The SMILES string of the molecule is CCOC(=O)c1ccc(NC(=O)c2ccc(Cn3ccnc3C)cc2)cc1. The van der Waals surface area contributed by atoms with Crippen molar-refractivity contribution in [2.75, 3.05) is 11.9 Å². The lowest BCUT2D eigenvalue weighted by Gasteiger charge is -2.08. The van der Waals surface area contributed by atoms with Crippen LogP contribution >= 0.6 is 0 Å². The summed E-state index contributed by atoms with van der Waals surface area (Å²) >= 11 is 0. The highest BCUT2D eigenvalue weighted by Gasteiger charge is 2.09. The van der Waals surface area contributed by atoms with Crippen LogP contribution in [0.15, 0.2) is 60.9 Å². The molecule has 6 nitrogen and oxygen atoms in total. The number of anilines is 1. The molecule has 0 aliphatic carbocycles. The molecule has 0 bridgehead atoms. The Labute approximate surface area is 157 Å². The average Bonchev–Trinajstić information content (AvgIpc) is 3.07. The molecule has 0 fully saturated rings. The molecule has 0 spiro atoms. The maximum absolute atomic E-state index is 12.4. The number of aromatic nitrogens is 2. The Kier molecular flexibility index (Phi) is 5.66. The summed E-state index contributed by atoms with van der Waals surface area (Å²) in [6.45, 7) is 4.75. The lowest BCUT2D eigenvalue weighted by molar-refractivity contribution is 0.0526. The van der Waals surface area contributed by atoms with Crippen molar-refractivity contribution in [1.29, 1.82) is 0 Å². The van der Waals surface area contributed by atoms with Gasteiger partial charge < -0.3 is 14.6 Å². The fourth-order valence-electron chi connectivity index (χ4n) is 2.64. The molecular weight excluding hydrogens is 342 g/mol. The minimum Gasteiger partial charge on any atom is -0.462 e. The van der Waals surface area contributed by atoms with Crippen molar-refractivity contribution in [2.45, 2.75) is 20.4 Å². The quantitative estimate of drug-likeness (QED) is 0.678. The van der Waals surface area contributed by atoms with Gasteiger partial charge in [0.1, 0.15) is 5.82 Å². The summed E-state index contributed by atoms with van der Waals surface area (Å²) in [4.78, 5) is 28.3. The third-order valence-corrected chi connectivity index (χ3v) is 4.15. The third kappa shape index (κ3) is 4.61. The van der Waals surface area contributed by atoms with Crippen molar-refractivity contribution >= 4 is 17.6 Å². The van der Waals surface area contributed by atoms with Crippen molar-refractivity contribution in [2.24, 2.45) is 0 Å². The van der Waals surface area contributed by atoms with Gasteiger partial charge in [0.25, 0.3) is 5.91 Å². The Balaban J connectivity index is 1.62. The first-order valence-electron chi connectivity index (χ1n) is 8.72. The molecule has 1 aromatic heterocycles. The molecule has 0 aliphatic heterocycles. The first-order valence-corrected chi connectivity index (χ1v) is 8.72. The lowest BCUT2D eigenvalue weighted by Crippen LogP contribution is -2.12. The van der Waals surface area contributed by atoms with Gasteiger partial charge in [0.15, 0.2) is 0 Å². The van der Waals surface area contributed by atoms with Crippen LogP contribution < -0.4 is 5.32 Å². The number of hydrogen-bond acceptors (Lipinski definition) is 4. The van der Waals surface area contributed by atoms with Gasteiger partial charge in [-0.05, 0) is 55.8 Å². The van der Waals surface area contributed by atoms with Crippen LogP contribution in [-0.2, 0) is 11.3 Å². The number of esters is 1. The van der Waals surface area contributed by atoms with E-state index in [4.69, 9.17) is 4.74 Å². The second-order valence-electron chi connectivity index (χ2n) is 6.05. The number of carbonyl (C=O) groups excluding carboxylic acids is 2. The number of rotatable bonds is 6. The second-order valence-corrected chi connectivity index (χ2v) is 6.05. The van der Waals surface area contributed by atoms with E-state index in [0.717, 1.165) is 11.4 Å². The Morgan fingerprint density at radius 3 is 2.30 bits per heavy atom. The summed E-state index contributed by atoms with van der Waals surface area (Å²) in [5, 5.41) is 2.82. The maximum atomic E-state index is 12.4. The number of benzene rings is 2. The van der Waals surface area contributed by atoms with Gasteiger partial charge in [-0.3, -0.25) is 4.79 Å². The Morgan fingerprint density at radius 2 is 1.70 bits per heavy atom. The number of aryl methyl sites for hydroxylation is 1. The number of carbonyl (C=O) groups is 2. The number of amides is 1. The van der Waals surface area contributed by atoms with Crippen molar-refractivity contribution in [3.63, 3.8) is 0 Å². The highest BCUT2D eigenvalue weighted by Crippen LogP contribution is 2.13. The summed E-state index contributed by atoms with van der Waals surface area (Å²) < 4.78 is 6.98. The van der Waals surface area contributed by atoms with Gasteiger partial charge in [-0.1, -0.05) is 12.1 Å². The molecule has 0 radical (unpaired) electrons. The molecule has 1 heterocycles. The van der Waals surface area contributed by atoms with Crippen LogP contribution in [0.5, 0.6) is 0 Å².